The summed E-state index contributed by atoms with van der Waals surface area (Å²) in [4.78, 5) is 15.1. The van der Waals surface area contributed by atoms with Crippen LogP contribution in [0.2, 0.25) is 5.02 Å². The van der Waals surface area contributed by atoms with Gasteiger partial charge in [0.1, 0.15) is 0 Å². The van der Waals surface area contributed by atoms with Gasteiger partial charge in [0.25, 0.3) is 0 Å². The molecule has 0 aliphatic carbocycles. The lowest BCUT2D eigenvalue weighted by Gasteiger charge is -2.34. The molecule has 4 rings (SSSR count). The van der Waals surface area contributed by atoms with E-state index in [4.69, 9.17) is 11.6 Å². The Labute approximate surface area is 190 Å². The summed E-state index contributed by atoms with van der Waals surface area (Å²) in [6.07, 6.45) is 2.67. The van der Waals surface area contributed by atoms with Crippen LogP contribution in [0.25, 0.3) is 11.1 Å². The fraction of sp³-hybridized carbons (Fsp3) is 0.296. The Balaban J connectivity index is 1.38. The maximum Gasteiger partial charge on any atom is 0.240 e. The topological polar surface area (TPSA) is 32.3 Å². The zero-order valence-electron chi connectivity index (χ0n) is 17.9. The molecule has 1 saturated heterocycles. The van der Waals surface area contributed by atoms with Crippen molar-refractivity contribution >= 4 is 17.5 Å². The molecule has 0 bridgehead atoms. The molecule has 0 aromatic heterocycles. The van der Waals surface area contributed by atoms with Crippen LogP contribution in [0, 0.1) is 0 Å². The van der Waals surface area contributed by atoms with Crippen molar-refractivity contribution in [3.63, 3.8) is 0 Å². The molecule has 1 amide bonds. The summed E-state index contributed by atoms with van der Waals surface area (Å²) < 4.78 is 0. The van der Waals surface area contributed by atoms with Gasteiger partial charge in [-0.2, -0.15) is 0 Å². The van der Waals surface area contributed by atoms with Gasteiger partial charge in [0.15, 0.2) is 0 Å². The Bertz CT molecular complexity index is 995. The van der Waals surface area contributed by atoms with E-state index >= 15 is 0 Å². The minimum Gasteiger partial charge on any atom is -0.341 e. The second kappa shape index (κ2) is 10.1. The van der Waals surface area contributed by atoms with Crippen LogP contribution >= 0.6 is 11.6 Å². The lowest BCUT2D eigenvalue weighted by atomic mass is 9.87. The molecule has 3 aromatic carbocycles. The van der Waals surface area contributed by atoms with Crippen LogP contribution in [-0.2, 0) is 11.2 Å². The highest BCUT2D eigenvalue weighted by Gasteiger charge is 2.28. The fourth-order valence-corrected chi connectivity index (χ4v) is 4.55. The van der Waals surface area contributed by atoms with Gasteiger partial charge >= 0.3 is 0 Å². The Kier molecular flexibility index (Phi) is 7.06. The van der Waals surface area contributed by atoms with Crippen molar-refractivity contribution in [2.75, 3.05) is 20.1 Å². The first-order valence-electron chi connectivity index (χ1n) is 11.0. The number of halogens is 1. The minimum absolute atomic E-state index is 0.189. The van der Waals surface area contributed by atoms with Gasteiger partial charge in [0, 0.05) is 18.1 Å². The van der Waals surface area contributed by atoms with Crippen molar-refractivity contribution in [2.45, 2.75) is 31.2 Å². The maximum absolute atomic E-state index is 13.1. The molecule has 1 N–H and O–H groups in total. The van der Waals surface area contributed by atoms with Gasteiger partial charge in [0.2, 0.25) is 5.91 Å². The minimum atomic E-state index is -0.209. The van der Waals surface area contributed by atoms with Crippen molar-refractivity contribution < 1.29 is 4.79 Å². The van der Waals surface area contributed by atoms with E-state index in [1.807, 2.05) is 42.3 Å². The van der Waals surface area contributed by atoms with E-state index in [9.17, 15) is 4.79 Å². The third-order valence-electron chi connectivity index (χ3n) is 6.27. The lowest BCUT2D eigenvalue weighted by Crippen LogP contribution is -2.49. The highest BCUT2D eigenvalue weighted by Crippen LogP contribution is 2.31. The maximum atomic E-state index is 13.1. The highest BCUT2D eigenvalue weighted by atomic mass is 35.5. The van der Waals surface area contributed by atoms with Crippen LogP contribution in [0.3, 0.4) is 0 Å². The molecule has 1 atom stereocenters. The van der Waals surface area contributed by atoms with Crippen LogP contribution in [0.4, 0.5) is 0 Å². The number of benzene rings is 3. The number of hydrogen-bond donors (Lipinski definition) is 1. The van der Waals surface area contributed by atoms with E-state index < -0.39 is 0 Å². The first-order chi connectivity index (χ1) is 15.1. The van der Waals surface area contributed by atoms with E-state index in [2.05, 4.69) is 53.8 Å². The lowest BCUT2D eigenvalue weighted by molar-refractivity contribution is -0.134. The van der Waals surface area contributed by atoms with Crippen molar-refractivity contribution in [1.29, 1.82) is 0 Å². The number of piperidine rings is 1. The number of hydrogen-bond acceptors (Lipinski definition) is 2. The molecule has 160 valence electrons. The van der Waals surface area contributed by atoms with E-state index in [-0.39, 0.29) is 11.9 Å². The Morgan fingerprint density at radius 2 is 1.65 bits per heavy atom. The number of amides is 1. The first kappa shape index (κ1) is 21.6. The molecule has 0 radical (unpaired) electrons. The van der Waals surface area contributed by atoms with Crippen molar-refractivity contribution in [1.82, 2.24) is 10.2 Å². The number of carbonyl (C=O) groups excluding carboxylic acids is 1. The molecular weight excluding hydrogens is 404 g/mol. The third kappa shape index (κ3) is 5.36. The second-order valence-corrected chi connectivity index (χ2v) is 8.70. The summed E-state index contributed by atoms with van der Waals surface area (Å²) in [5.41, 5.74) is 5.00. The van der Waals surface area contributed by atoms with Crippen LogP contribution in [0.15, 0.2) is 78.9 Å². The van der Waals surface area contributed by atoms with E-state index in [0.29, 0.717) is 12.3 Å². The average Bonchev–Trinajstić information content (AvgIpc) is 2.84. The molecule has 4 heteroatoms. The molecule has 0 spiro atoms. The van der Waals surface area contributed by atoms with Crippen LogP contribution in [0.5, 0.6) is 0 Å². The molecule has 1 unspecified atom stereocenters. The summed E-state index contributed by atoms with van der Waals surface area (Å²) in [5.74, 6) is 0.686. The monoisotopic (exact) mass is 432 g/mol. The normalized spacial score (nSPS) is 15.6. The number of nitrogens with zero attached hydrogens (tertiary/aromatic N) is 1. The molecule has 1 fully saturated rings. The predicted molar refractivity (Wildman–Crippen MR) is 128 cm³/mol. The Morgan fingerprint density at radius 1 is 0.968 bits per heavy atom. The average molecular weight is 433 g/mol. The zero-order chi connectivity index (χ0) is 21.6. The smallest absolute Gasteiger partial charge is 0.240 e. The largest absolute Gasteiger partial charge is 0.341 e. The zero-order valence-corrected chi connectivity index (χ0v) is 18.7. The highest BCUT2D eigenvalue weighted by molar-refractivity contribution is 6.30. The van der Waals surface area contributed by atoms with E-state index in [1.54, 1.807) is 0 Å². The molecule has 3 nitrogen and oxygen atoms in total. The van der Waals surface area contributed by atoms with Crippen molar-refractivity contribution in [2.24, 2.45) is 0 Å². The van der Waals surface area contributed by atoms with Crippen molar-refractivity contribution in [3.8, 4) is 11.1 Å². The fourth-order valence-electron chi connectivity index (χ4n) is 4.43. The number of nitrogens with one attached hydrogen (secondary N) is 1. The molecule has 3 aromatic rings. The van der Waals surface area contributed by atoms with Crippen molar-refractivity contribution in [3.05, 3.63) is 95.0 Å². The quantitative estimate of drug-likeness (QED) is 0.554. The van der Waals surface area contributed by atoms with Gasteiger partial charge in [-0.3, -0.25) is 4.79 Å². The molecule has 31 heavy (non-hydrogen) atoms. The van der Waals surface area contributed by atoms with Gasteiger partial charge < -0.3 is 10.2 Å². The van der Waals surface area contributed by atoms with E-state index in [0.717, 1.165) is 36.5 Å². The predicted octanol–water partition coefficient (Wildman–Crippen LogP) is 5.54. The standard InChI is InChI=1S/C27H29ClN2O/c1-29-26(18-20-10-12-25(28)13-11-20)27(31)30-16-14-22(15-17-30)24-9-5-8-23(19-24)21-6-3-2-4-7-21/h2-13,19,22,26,29H,14-18H2,1H3. The van der Waals surface area contributed by atoms with Gasteiger partial charge in [-0.15, -0.1) is 0 Å². The Morgan fingerprint density at radius 3 is 2.32 bits per heavy atom. The van der Waals surface area contributed by atoms with Crippen LogP contribution in [0.1, 0.15) is 29.9 Å². The van der Waals surface area contributed by atoms with E-state index in [1.165, 1.54) is 16.7 Å². The van der Waals surface area contributed by atoms with Gasteiger partial charge in [-0.05, 0) is 66.6 Å². The number of likely N-dealkylation sites (tertiary alicyclic amines) is 1. The Hall–Kier alpha value is -2.62. The van der Waals surface area contributed by atoms with Gasteiger partial charge in [-0.25, -0.2) is 0 Å². The molecular formula is C27H29ClN2O. The summed E-state index contributed by atoms with van der Waals surface area (Å²) >= 11 is 5.98. The second-order valence-electron chi connectivity index (χ2n) is 8.26. The number of carbonyl (C=O) groups is 1. The molecule has 1 heterocycles. The van der Waals surface area contributed by atoms with Gasteiger partial charge in [0.05, 0.1) is 6.04 Å². The molecule has 0 saturated carbocycles. The number of likely N-dealkylation sites (N-methyl/N-ethyl adjacent to an activating group) is 1. The summed E-state index contributed by atoms with van der Waals surface area (Å²) in [6, 6.07) is 26.9. The van der Waals surface area contributed by atoms with Gasteiger partial charge in [-0.1, -0.05) is 78.3 Å². The molecule has 1 aliphatic rings. The molecule has 1 aliphatic heterocycles. The van der Waals surface area contributed by atoms with Crippen LogP contribution in [-0.4, -0.2) is 37.0 Å². The third-order valence-corrected chi connectivity index (χ3v) is 6.52. The summed E-state index contributed by atoms with van der Waals surface area (Å²) in [5, 5.41) is 3.92. The SMILES string of the molecule is CNC(Cc1ccc(Cl)cc1)C(=O)N1CCC(c2cccc(-c3ccccc3)c2)CC1. The summed E-state index contributed by atoms with van der Waals surface area (Å²) in [6.45, 7) is 1.61. The van der Waals surface area contributed by atoms with Crippen LogP contribution < -0.4 is 5.32 Å². The summed E-state index contributed by atoms with van der Waals surface area (Å²) in [7, 11) is 1.86. The first-order valence-corrected chi connectivity index (χ1v) is 11.4. The number of rotatable bonds is 6.